The van der Waals surface area contributed by atoms with Gasteiger partial charge in [0, 0.05) is 6.54 Å². The zero-order valence-corrected chi connectivity index (χ0v) is 9.95. The molecule has 0 aliphatic heterocycles. The van der Waals surface area contributed by atoms with Crippen LogP contribution in [0.25, 0.3) is 0 Å². The highest BCUT2D eigenvalue weighted by Crippen LogP contribution is 2.13. The molecule has 1 atom stereocenters. The molecule has 0 saturated heterocycles. The van der Waals surface area contributed by atoms with Gasteiger partial charge in [0.2, 0.25) is 0 Å². The molecule has 2 aromatic rings. The predicted octanol–water partition coefficient (Wildman–Crippen LogP) is 1.61. The van der Waals surface area contributed by atoms with Crippen molar-refractivity contribution in [2.75, 3.05) is 6.61 Å². The molecule has 3 N–H and O–H groups in total. The van der Waals surface area contributed by atoms with E-state index < -0.39 is 0 Å². The normalized spacial score (nSPS) is 12.3. The maximum Gasteiger partial charge on any atom is 0.133 e. The van der Waals surface area contributed by atoms with Gasteiger partial charge in [0.15, 0.2) is 0 Å². The molecular weight excluding hydrogens is 228 g/mol. The topological polar surface area (TPSA) is 65.4 Å². The lowest BCUT2D eigenvalue weighted by atomic mass is 10.1. The van der Waals surface area contributed by atoms with Gasteiger partial charge in [0.25, 0.3) is 0 Å². The first-order chi connectivity index (χ1) is 8.79. The molecule has 4 heteroatoms. The summed E-state index contributed by atoms with van der Waals surface area (Å²) >= 11 is 0. The first kappa shape index (κ1) is 12.5. The Labute approximate surface area is 106 Å². The molecule has 0 saturated carbocycles. The zero-order valence-electron chi connectivity index (χ0n) is 9.95. The van der Waals surface area contributed by atoms with Gasteiger partial charge in [-0.25, -0.2) is 0 Å². The zero-order chi connectivity index (χ0) is 12.8. The molecule has 0 radical (unpaired) electrons. The van der Waals surface area contributed by atoms with Crippen molar-refractivity contribution >= 4 is 0 Å². The van der Waals surface area contributed by atoms with Crippen molar-refractivity contribution in [1.82, 2.24) is 10.3 Å². The summed E-state index contributed by atoms with van der Waals surface area (Å²) in [5.41, 5.74) is 1.86. The number of aromatic nitrogens is 1. The number of benzene rings is 1. The summed E-state index contributed by atoms with van der Waals surface area (Å²) in [4.78, 5) is 4.08. The van der Waals surface area contributed by atoms with Crippen LogP contribution < -0.4 is 5.32 Å². The fourth-order valence-corrected chi connectivity index (χ4v) is 1.72. The van der Waals surface area contributed by atoms with E-state index in [4.69, 9.17) is 5.11 Å². The summed E-state index contributed by atoms with van der Waals surface area (Å²) in [6.45, 7) is 0.572. The average molecular weight is 244 g/mol. The minimum Gasteiger partial charge on any atom is -0.506 e. The number of pyridine rings is 1. The maximum absolute atomic E-state index is 9.38. The van der Waals surface area contributed by atoms with Crippen LogP contribution >= 0.6 is 0 Å². The fraction of sp³-hybridized carbons (Fsp3) is 0.214. The van der Waals surface area contributed by atoms with Crippen molar-refractivity contribution in [2.24, 2.45) is 0 Å². The van der Waals surface area contributed by atoms with E-state index in [1.807, 2.05) is 30.3 Å². The molecule has 0 amide bonds. The number of aliphatic hydroxyl groups is 1. The molecule has 18 heavy (non-hydrogen) atoms. The number of nitrogens with one attached hydrogen (secondary N) is 1. The monoisotopic (exact) mass is 244 g/mol. The van der Waals surface area contributed by atoms with E-state index in [2.05, 4.69) is 10.3 Å². The second-order valence-electron chi connectivity index (χ2n) is 4.03. The van der Waals surface area contributed by atoms with Crippen molar-refractivity contribution in [1.29, 1.82) is 0 Å². The molecule has 0 spiro atoms. The van der Waals surface area contributed by atoms with Crippen LogP contribution in [-0.2, 0) is 6.54 Å². The van der Waals surface area contributed by atoms with E-state index >= 15 is 0 Å². The lowest BCUT2D eigenvalue weighted by Gasteiger charge is -2.16. The molecule has 1 unspecified atom stereocenters. The molecule has 94 valence electrons. The predicted molar refractivity (Wildman–Crippen MR) is 69.0 cm³/mol. The standard InChI is InChI=1S/C14H16N2O2/c17-10-14(11-4-2-1-3-5-11)16-8-12-6-7-13(18)9-15-12/h1-7,9,14,16-18H,8,10H2. The van der Waals surface area contributed by atoms with Crippen molar-refractivity contribution in [2.45, 2.75) is 12.6 Å². The lowest BCUT2D eigenvalue weighted by molar-refractivity contribution is 0.243. The molecule has 0 fully saturated rings. The Morgan fingerprint density at radius 3 is 2.50 bits per heavy atom. The van der Waals surface area contributed by atoms with Crippen LogP contribution in [0.1, 0.15) is 17.3 Å². The van der Waals surface area contributed by atoms with E-state index in [9.17, 15) is 5.11 Å². The van der Waals surface area contributed by atoms with Gasteiger partial charge in [-0.2, -0.15) is 0 Å². The van der Waals surface area contributed by atoms with E-state index in [1.165, 1.54) is 6.20 Å². The van der Waals surface area contributed by atoms with Crippen molar-refractivity contribution < 1.29 is 10.2 Å². The van der Waals surface area contributed by atoms with Gasteiger partial charge in [0.1, 0.15) is 5.75 Å². The average Bonchev–Trinajstić information content (AvgIpc) is 2.43. The third-order valence-electron chi connectivity index (χ3n) is 2.72. The number of hydrogen-bond donors (Lipinski definition) is 3. The highest BCUT2D eigenvalue weighted by molar-refractivity contribution is 5.20. The van der Waals surface area contributed by atoms with Crippen molar-refractivity contribution in [3.05, 3.63) is 59.9 Å². The lowest BCUT2D eigenvalue weighted by Crippen LogP contribution is -2.24. The number of nitrogens with zero attached hydrogens (tertiary/aromatic N) is 1. The summed E-state index contributed by atoms with van der Waals surface area (Å²) in [7, 11) is 0. The summed E-state index contributed by atoms with van der Waals surface area (Å²) < 4.78 is 0. The minimum atomic E-state index is -0.109. The Balaban J connectivity index is 1.97. The highest BCUT2D eigenvalue weighted by Gasteiger charge is 2.09. The number of aromatic hydroxyl groups is 1. The van der Waals surface area contributed by atoms with E-state index in [-0.39, 0.29) is 18.4 Å². The third kappa shape index (κ3) is 3.29. The smallest absolute Gasteiger partial charge is 0.133 e. The Bertz CT molecular complexity index is 471. The fourth-order valence-electron chi connectivity index (χ4n) is 1.72. The molecule has 0 bridgehead atoms. The Morgan fingerprint density at radius 2 is 1.89 bits per heavy atom. The summed E-state index contributed by atoms with van der Waals surface area (Å²) in [6.07, 6.45) is 1.41. The van der Waals surface area contributed by atoms with Gasteiger partial charge in [0.05, 0.1) is 24.5 Å². The quantitative estimate of drug-likeness (QED) is 0.747. The SMILES string of the molecule is OCC(NCc1ccc(O)cn1)c1ccccc1. The maximum atomic E-state index is 9.38. The van der Waals surface area contributed by atoms with Gasteiger partial charge in [-0.05, 0) is 17.7 Å². The molecule has 0 aliphatic rings. The van der Waals surface area contributed by atoms with Crippen molar-refractivity contribution in [3.8, 4) is 5.75 Å². The van der Waals surface area contributed by atoms with Crippen LogP contribution in [0.3, 0.4) is 0 Å². The molecule has 4 nitrogen and oxygen atoms in total. The van der Waals surface area contributed by atoms with Gasteiger partial charge < -0.3 is 15.5 Å². The van der Waals surface area contributed by atoms with E-state index in [0.717, 1.165) is 11.3 Å². The first-order valence-corrected chi connectivity index (χ1v) is 5.82. The first-order valence-electron chi connectivity index (χ1n) is 5.82. The van der Waals surface area contributed by atoms with Gasteiger partial charge >= 0.3 is 0 Å². The molecule has 1 heterocycles. The molecular formula is C14H16N2O2. The highest BCUT2D eigenvalue weighted by atomic mass is 16.3. The van der Waals surface area contributed by atoms with Crippen LogP contribution in [0, 0.1) is 0 Å². The van der Waals surface area contributed by atoms with Crippen LogP contribution in [0.4, 0.5) is 0 Å². The Hall–Kier alpha value is -1.91. The second-order valence-corrected chi connectivity index (χ2v) is 4.03. The largest absolute Gasteiger partial charge is 0.506 e. The summed E-state index contributed by atoms with van der Waals surface area (Å²) in [5.74, 6) is 0.153. The number of hydrogen-bond acceptors (Lipinski definition) is 4. The molecule has 1 aromatic carbocycles. The molecule has 0 aliphatic carbocycles. The number of aliphatic hydroxyl groups excluding tert-OH is 1. The van der Waals surface area contributed by atoms with E-state index in [1.54, 1.807) is 12.1 Å². The van der Waals surface area contributed by atoms with Crippen LogP contribution in [-0.4, -0.2) is 21.8 Å². The third-order valence-corrected chi connectivity index (χ3v) is 2.72. The van der Waals surface area contributed by atoms with Crippen LogP contribution in [0.15, 0.2) is 48.7 Å². The second kappa shape index (κ2) is 6.14. The van der Waals surface area contributed by atoms with Gasteiger partial charge in [-0.15, -0.1) is 0 Å². The van der Waals surface area contributed by atoms with E-state index in [0.29, 0.717) is 6.54 Å². The van der Waals surface area contributed by atoms with Gasteiger partial charge in [-0.1, -0.05) is 30.3 Å². The van der Waals surface area contributed by atoms with Crippen molar-refractivity contribution in [3.63, 3.8) is 0 Å². The number of rotatable bonds is 5. The summed E-state index contributed by atoms with van der Waals surface area (Å²) in [6, 6.07) is 13.0. The molecule has 1 aromatic heterocycles. The summed E-state index contributed by atoms with van der Waals surface area (Å²) in [5, 5.41) is 21.7. The van der Waals surface area contributed by atoms with Crippen LogP contribution in [0.5, 0.6) is 5.75 Å². The molecule has 2 rings (SSSR count). The Kier molecular flexibility index (Phi) is 4.28. The minimum absolute atomic E-state index is 0.0299. The Morgan fingerprint density at radius 1 is 1.11 bits per heavy atom. The van der Waals surface area contributed by atoms with Crippen LogP contribution in [0.2, 0.25) is 0 Å². The van der Waals surface area contributed by atoms with Gasteiger partial charge in [-0.3, -0.25) is 4.98 Å².